The molecule has 0 bridgehead atoms. The lowest BCUT2D eigenvalue weighted by Gasteiger charge is -2.11. The van der Waals surface area contributed by atoms with Crippen LogP contribution in [0.4, 0.5) is 10.5 Å². The van der Waals surface area contributed by atoms with Crippen molar-refractivity contribution in [3.8, 4) is 5.75 Å². The Labute approximate surface area is 121 Å². The highest BCUT2D eigenvalue weighted by atomic mass is 16.5. The van der Waals surface area contributed by atoms with E-state index in [0.29, 0.717) is 12.3 Å². The normalized spacial score (nSPS) is 9.62. The number of carbonyl (C=O) groups excluding carboxylic acids is 2. The average Bonchev–Trinajstić information content (AvgIpc) is 2.45. The Morgan fingerprint density at radius 3 is 2.52 bits per heavy atom. The summed E-state index contributed by atoms with van der Waals surface area (Å²) in [4.78, 5) is 33.8. The molecule has 0 aliphatic rings. The summed E-state index contributed by atoms with van der Waals surface area (Å²) in [5, 5.41) is 16.2. The first-order valence-electron chi connectivity index (χ1n) is 6.20. The van der Waals surface area contributed by atoms with Gasteiger partial charge >= 0.3 is 12.0 Å². The summed E-state index contributed by atoms with van der Waals surface area (Å²) in [6.07, 6.45) is 0. The third-order valence-electron chi connectivity index (χ3n) is 2.48. The molecule has 0 unspecified atom stereocenters. The first-order valence-corrected chi connectivity index (χ1v) is 6.20. The van der Waals surface area contributed by atoms with E-state index < -0.39 is 12.0 Å². The van der Waals surface area contributed by atoms with Gasteiger partial charge in [0.1, 0.15) is 5.75 Å². The molecule has 0 fully saturated rings. The smallest absolute Gasteiger partial charge is 0.335 e. The summed E-state index contributed by atoms with van der Waals surface area (Å²) in [5.74, 6) is -1.13. The quantitative estimate of drug-likeness (QED) is 0.615. The van der Waals surface area contributed by atoms with Gasteiger partial charge in [-0.2, -0.15) is 0 Å². The first-order chi connectivity index (χ1) is 9.97. The van der Waals surface area contributed by atoms with E-state index in [-0.39, 0.29) is 23.7 Å². The van der Waals surface area contributed by atoms with Gasteiger partial charge < -0.3 is 25.8 Å². The predicted octanol–water partition coefficient (Wildman–Crippen LogP) is 0.651. The number of ether oxygens (including phenoxy) is 1. The Balaban J connectivity index is 2.72. The number of carboxylic acid groups (broad SMARTS) is 1. The summed E-state index contributed by atoms with van der Waals surface area (Å²) >= 11 is 0. The van der Waals surface area contributed by atoms with Crippen molar-refractivity contribution >= 4 is 23.6 Å². The van der Waals surface area contributed by atoms with Gasteiger partial charge in [-0.1, -0.05) is 0 Å². The topological polar surface area (TPSA) is 117 Å². The highest BCUT2D eigenvalue weighted by Gasteiger charge is 2.12. The third kappa shape index (κ3) is 5.01. The highest BCUT2D eigenvalue weighted by Crippen LogP contribution is 2.25. The summed E-state index contributed by atoms with van der Waals surface area (Å²) in [5.41, 5.74) is 0.209. The van der Waals surface area contributed by atoms with Crippen LogP contribution in [-0.4, -0.2) is 43.2 Å². The molecule has 1 aromatic rings. The number of urea groups is 1. The average molecular weight is 295 g/mol. The molecule has 8 nitrogen and oxygen atoms in total. The number of likely N-dealkylation sites (N-methyl/N-ethyl adjacent to an activating group) is 1. The van der Waals surface area contributed by atoms with Crippen LogP contribution in [0.15, 0.2) is 18.2 Å². The van der Waals surface area contributed by atoms with E-state index in [2.05, 4.69) is 16.0 Å². The number of methoxy groups -OCH3 is 1. The number of anilines is 1. The second kappa shape index (κ2) is 7.73. The summed E-state index contributed by atoms with van der Waals surface area (Å²) in [7, 11) is 1.40. The number of nitrogens with one attached hydrogen (secondary N) is 3. The molecule has 0 spiro atoms. The van der Waals surface area contributed by atoms with Crippen LogP contribution in [0.1, 0.15) is 17.3 Å². The van der Waals surface area contributed by atoms with Gasteiger partial charge in [-0.25, -0.2) is 9.59 Å². The van der Waals surface area contributed by atoms with Crippen LogP contribution in [0.5, 0.6) is 5.75 Å². The molecule has 0 aliphatic carbocycles. The molecular weight excluding hydrogens is 278 g/mol. The van der Waals surface area contributed by atoms with Gasteiger partial charge in [-0.15, -0.1) is 0 Å². The van der Waals surface area contributed by atoms with Crippen LogP contribution < -0.4 is 20.7 Å². The molecule has 1 rings (SSSR count). The number of aromatic carboxylic acids is 1. The second-order valence-corrected chi connectivity index (χ2v) is 3.98. The molecule has 0 heterocycles. The molecule has 114 valence electrons. The van der Waals surface area contributed by atoms with Gasteiger partial charge in [0.2, 0.25) is 5.91 Å². The lowest BCUT2D eigenvalue weighted by atomic mass is 10.2. The SMILES string of the molecule is CCNC(=O)CNC(=O)Nc1cc(C(=O)O)ccc1OC. The summed E-state index contributed by atoms with van der Waals surface area (Å²) < 4.78 is 5.03. The maximum Gasteiger partial charge on any atom is 0.335 e. The van der Waals surface area contributed by atoms with E-state index in [1.807, 2.05) is 0 Å². The molecule has 4 N–H and O–H groups in total. The Bertz CT molecular complexity index is 545. The van der Waals surface area contributed by atoms with Crippen LogP contribution in [0.2, 0.25) is 0 Å². The van der Waals surface area contributed by atoms with Gasteiger partial charge in [0, 0.05) is 6.54 Å². The van der Waals surface area contributed by atoms with Crippen molar-refractivity contribution in [2.24, 2.45) is 0 Å². The summed E-state index contributed by atoms with van der Waals surface area (Å²) in [6, 6.07) is 3.43. The predicted molar refractivity (Wildman–Crippen MR) is 75.7 cm³/mol. The molecule has 8 heteroatoms. The maximum absolute atomic E-state index is 11.7. The van der Waals surface area contributed by atoms with Crippen molar-refractivity contribution in [1.82, 2.24) is 10.6 Å². The highest BCUT2D eigenvalue weighted by molar-refractivity contribution is 5.96. The number of carbonyl (C=O) groups is 3. The van der Waals surface area contributed by atoms with Crippen LogP contribution in [0, 0.1) is 0 Å². The standard InChI is InChI=1S/C13H17N3O5/c1-3-14-11(17)7-15-13(20)16-9-6-8(12(18)19)4-5-10(9)21-2/h4-6H,3,7H2,1-2H3,(H,14,17)(H,18,19)(H2,15,16,20). The van der Waals surface area contributed by atoms with E-state index in [0.717, 1.165) is 0 Å². The molecule has 0 atom stereocenters. The largest absolute Gasteiger partial charge is 0.495 e. The van der Waals surface area contributed by atoms with Crippen LogP contribution in [0.25, 0.3) is 0 Å². The Kier molecular flexibility index (Phi) is 5.99. The molecule has 0 saturated carbocycles. The van der Waals surface area contributed by atoms with Crippen LogP contribution >= 0.6 is 0 Å². The van der Waals surface area contributed by atoms with E-state index in [4.69, 9.17) is 9.84 Å². The fraction of sp³-hybridized carbons (Fsp3) is 0.308. The zero-order valence-electron chi connectivity index (χ0n) is 11.7. The van der Waals surface area contributed by atoms with E-state index in [9.17, 15) is 14.4 Å². The molecule has 0 aliphatic heterocycles. The number of hydrogen-bond donors (Lipinski definition) is 4. The molecular formula is C13H17N3O5. The maximum atomic E-state index is 11.7. The Hall–Kier alpha value is -2.77. The molecule has 0 aromatic heterocycles. The van der Waals surface area contributed by atoms with E-state index in [1.165, 1.54) is 25.3 Å². The van der Waals surface area contributed by atoms with Gasteiger partial charge in [0.05, 0.1) is 24.9 Å². The number of rotatable bonds is 6. The van der Waals surface area contributed by atoms with Gasteiger partial charge in [0.15, 0.2) is 0 Å². The minimum Gasteiger partial charge on any atom is -0.495 e. The zero-order valence-corrected chi connectivity index (χ0v) is 11.7. The molecule has 0 radical (unpaired) electrons. The Morgan fingerprint density at radius 1 is 1.24 bits per heavy atom. The molecule has 0 saturated heterocycles. The minimum absolute atomic E-state index is 0.00910. The fourth-order valence-corrected chi connectivity index (χ4v) is 1.53. The van der Waals surface area contributed by atoms with Gasteiger partial charge in [0.25, 0.3) is 0 Å². The van der Waals surface area contributed by atoms with Crippen molar-refractivity contribution in [3.63, 3.8) is 0 Å². The zero-order chi connectivity index (χ0) is 15.8. The number of carboxylic acids is 1. The number of hydrogen-bond acceptors (Lipinski definition) is 4. The number of benzene rings is 1. The lowest BCUT2D eigenvalue weighted by molar-refractivity contribution is -0.119. The van der Waals surface area contributed by atoms with Gasteiger partial charge in [-0.3, -0.25) is 4.79 Å². The number of amides is 3. The van der Waals surface area contributed by atoms with Crippen molar-refractivity contribution in [2.45, 2.75) is 6.92 Å². The molecule has 21 heavy (non-hydrogen) atoms. The third-order valence-corrected chi connectivity index (χ3v) is 2.48. The van der Waals surface area contributed by atoms with Crippen molar-refractivity contribution in [2.75, 3.05) is 25.5 Å². The molecule has 1 aromatic carbocycles. The van der Waals surface area contributed by atoms with Crippen molar-refractivity contribution in [1.29, 1.82) is 0 Å². The Morgan fingerprint density at radius 2 is 1.95 bits per heavy atom. The van der Waals surface area contributed by atoms with E-state index in [1.54, 1.807) is 6.92 Å². The van der Waals surface area contributed by atoms with Crippen LogP contribution in [0.3, 0.4) is 0 Å². The minimum atomic E-state index is -1.12. The monoisotopic (exact) mass is 295 g/mol. The van der Waals surface area contributed by atoms with Crippen molar-refractivity contribution < 1.29 is 24.2 Å². The lowest BCUT2D eigenvalue weighted by Crippen LogP contribution is -2.38. The van der Waals surface area contributed by atoms with Crippen molar-refractivity contribution in [3.05, 3.63) is 23.8 Å². The fourth-order valence-electron chi connectivity index (χ4n) is 1.53. The van der Waals surface area contributed by atoms with E-state index >= 15 is 0 Å². The van der Waals surface area contributed by atoms with Crippen LogP contribution in [-0.2, 0) is 4.79 Å². The first kappa shape index (κ1) is 16.3. The van der Waals surface area contributed by atoms with Gasteiger partial charge in [-0.05, 0) is 25.1 Å². The second-order valence-electron chi connectivity index (χ2n) is 3.98. The molecule has 3 amide bonds. The summed E-state index contributed by atoms with van der Waals surface area (Å²) in [6.45, 7) is 2.05.